The summed E-state index contributed by atoms with van der Waals surface area (Å²) < 4.78 is 6.24. The third kappa shape index (κ3) is 3.28. The smallest absolute Gasteiger partial charge is 0.129 e. The molecule has 0 N–H and O–H groups in total. The molecule has 1 aliphatic rings. The fourth-order valence-electron chi connectivity index (χ4n) is 3.54. The fourth-order valence-corrected chi connectivity index (χ4v) is 3.54. The van der Waals surface area contributed by atoms with E-state index >= 15 is 0 Å². The minimum absolute atomic E-state index is 0.534. The molecule has 0 unspecified atom stereocenters. The first-order valence-corrected chi connectivity index (χ1v) is 9.38. The van der Waals surface area contributed by atoms with Crippen LogP contribution in [0.2, 0.25) is 0 Å². The predicted octanol–water partition coefficient (Wildman–Crippen LogP) is 5.75. The van der Waals surface area contributed by atoms with Gasteiger partial charge in [0.05, 0.1) is 11.1 Å². The molecule has 3 aromatic carbocycles. The molecule has 0 radical (unpaired) electrons. The molecule has 5 rings (SSSR count). The lowest BCUT2D eigenvalue weighted by molar-refractivity contribution is 0.308. The van der Waals surface area contributed by atoms with Crippen LogP contribution in [-0.2, 0) is 6.61 Å². The second kappa shape index (κ2) is 6.84. The highest BCUT2D eigenvalue weighted by Crippen LogP contribution is 2.43. The van der Waals surface area contributed by atoms with Gasteiger partial charge in [-0.3, -0.25) is 0 Å². The minimum Gasteiger partial charge on any atom is -0.488 e. The average Bonchev–Trinajstić information content (AvgIpc) is 3.58. The Balaban J connectivity index is 1.60. The summed E-state index contributed by atoms with van der Waals surface area (Å²) in [7, 11) is 0. The molecule has 0 amide bonds. The third-order valence-corrected chi connectivity index (χ3v) is 5.10. The number of fused-ring (bicyclic) bond motifs is 1. The molecule has 1 heterocycles. The lowest BCUT2D eigenvalue weighted by Gasteiger charge is -2.15. The molecule has 3 heteroatoms. The van der Waals surface area contributed by atoms with Gasteiger partial charge in [0, 0.05) is 11.6 Å². The van der Waals surface area contributed by atoms with Crippen molar-refractivity contribution < 1.29 is 4.74 Å². The summed E-state index contributed by atoms with van der Waals surface area (Å²) >= 11 is 0. The van der Waals surface area contributed by atoms with Gasteiger partial charge in [-0.2, -0.15) is 0 Å². The lowest BCUT2D eigenvalue weighted by atomic mass is 9.98. The van der Waals surface area contributed by atoms with Crippen molar-refractivity contribution in [2.45, 2.75) is 25.4 Å². The zero-order valence-electron chi connectivity index (χ0n) is 15.0. The van der Waals surface area contributed by atoms with Crippen molar-refractivity contribution in [2.24, 2.45) is 0 Å². The second-order valence-corrected chi connectivity index (χ2v) is 7.07. The number of nitrogens with zero attached hydrogens (tertiary/aromatic N) is 2. The van der Waals surface area contributed by atoms with Crippen molar-refractivity contribution in [1.29, 1.82) is 0 Å². The van der Waals surface area contributed by atoms with Gasteiger partial charge < -0.3 is 4.74 Å². The van der Waals surface area contributed by atoms with Crippen LogP contribution in [0.5, 0.6) is 5.75 Å². The zero-order valence-corrected chi connectivity index (χ0v) is 15.0. The van der Waals surface area contributed by atoms with Crippen molar-refractivity contribution >= 4 is 10.9 Å². The Kier molecular flexibility index (Phi) is 4.06. The van der Waals surface area contributed by atoms with Crippen LogP contribution in [0.1, 0.15) is 29.9 Å². The average molecular weight is 352 g/mol. The SMILES string of the molecule is c1ccc(COc2ccc3cncnc3c2-c2cccc(C3CC3)c2)cc1. The molecule has 1 aromatic heterocycles. The van der Waals surface area contributed by atoms with Crippen LogP contribution in [-0.4, -0.2) is 9.97 Å². The normalized spacial score (nSPS) is 13.6. The summed E-state index contributed by atoms with van der Waals surface area (Å²) in [6.07, 6.45) is 6.05. The fraction of sp³-hybridized carbons (Fsp3) is 0.167. The Morgan fingerprint density at radius 3 is 2.67 bits per heavy atom. The van der Waals surface area contributed by atoms with Gasteiger partial charge in [-0.1, -0.05) is 54.6 Å². The standard InChI is InChI=1S/C24H20N2O/c1-2-5-17(6-3-1)15-27-22-12-11-21-14-25-16-26-24(21)23(22)20-8-4-7-19(13-20)18-9-10-18/h1-8,11-14,16,18H,9-10,15H2. The molecule has 0 atom stereocenters. The number of benzene rings is 3. The Morgan fingerprint density at radius 2 is 1.81 bits per heavy atom. The summed E-state index contributed by atoms with van der Waals surface area (Å²) in [5.74, 6) is 1.57. The maximum absolute atomic E-state index is 6.24. The predicted molar refractivity (Wildman–Crippen MR) is 108 cm³/mol. The summed E-state index contributed by atoms with van der Waals surface area (Å²) in [6, 6.07) is 23.1. The Morgan fingerprint density at radius 1 is 0.926 bits per heavy atom. The van der Waals surface area contributed by atoms with E-state index in [0.29, 0.717) is 12.5 Å². The molecule has 1 saturated carbocycles. The van der Waals surface area contributed by atoms with Gasteiger partial charge in [-0.15, -0.1) is 0 Å². The largest absolute Gasteiger partial charge is 0.488 e. The van der Waals surface area contributed by atoms with Crippen molar-refractivity contribution in [3.63, 3.8) is 0 Å². The topological polar surface area (TPSA) is 35.0 Å². The number of ether oxygens (including phenoxy) is 1. The van der Waals surface area contributed by atoms with Gasteiger partial charge in [0.25, 0.3) is 0 Å². The van der Waals surface area contributed by atoms with E-state index in [1.54, 1.807) is 6.33 Å². The first-order chi connectivity index (χ1) is 13.4. The van der Waals surface area contributed by atoms with Gasteiger partial charge in [0.2, 0.25) is 0 Å². The quantitative estimate of drug-likeness (QED) is 0.458. The second-order valence-electron chi connectivity index (χ2n) is 7.07. The summed E-state index contributed by atoms with van der Waals surface area (Å²) in [6.45, 7) is 0.534. The lowest BCUT2D eigenvalue weighted by Crippen LogP contribution is -1.98. The zero-order chi connectivity index (χ0) is 18.1. The highest BCUT2D eigenvalue weighted by atomic mass is 16.5. The molecule has 0 spiro atoms. The van der Waals surface area contributed by atoms with Crippen molar-refractivity contribution in [2.75, 3.05) is 0 Å². The highest BCUT2D eigenvalue weighted by Gasteiger charge is 2.24. The molecular formula is C24H20N2O. The van der Waals surface area contributed by atoms with E-state index in [1.807, 2.05) is 36.5 Å². The molecule has 3 nitrogen and oxygen atoms in total. The molecule has 1 aliphatic carbocycles. The van der Waals surface area contributed by atoms with Gasteiger partial charge in [-0.05, 0) is 47.6 Å². The number of aromatic nitrogens is 2. The van der Waals surface area contributed by atoms with E-state index in [0.717, 1.165) is 33.3 Å². The van der Waals surface area contributed by atoms with E-state index in [-0.39, 0.29) is 0 Å². The Bertz CT molecular complexity index is 1090. The van der Waals surface area contributed by atoms with Crippen LogP contribution in [0.3, 0.4) is 0 Å². The van der Waals surface area contributed by atoms with E-state index in [1.165, 1.54) is 18.4 Å². The van der Waals surface area contributed by atoms with Crippen LogP contribution in [0.4, 0.5) is 0 Å². The monoisotopic (exact) mass is 352 g/mol. The van der Waals surface area contributed by atoms with E-state index in [9.17, 15) is 0 Å². The molecule has 27 heavy (non-hydrogen) atoms. The molecular weight excluding hydrogens is 332 g/mol. The first-order valence-electron chi connectivity index (χ1n) is 9.38. The number of hydrogen-bond donors (Lipinski definition) is 0. The highest BCUT2D eigenvalue weighted by molar-refractivity contribution is 5.96. The molecule has 4 aromatic rings. The maximum atomic E-state index is 6.24. The van der Waals surface area contributed by atoms with E-state index < -0.39 is 0 Å². The van der Waals surface area contributed by atoms with E-state index in [2.05, 4.69) is 46.4 Å². The summed E-state index contributed by atoms with van der Waals surface area (Å²) in [4.78, 5) is 8.75. The number of hydrogen-bond acceptors (Lipinski definition) is 3. The van der Waals surface area contributed by atoms with Crippen LogP contribution < -0.4 is 4.74 Å². The molecule has 132 valence electrons. The number of rotatable bonds is 5. The maximum Gasteiger partial charge on any atom is 0.129 e. The van der Waals surface area contributed by atoms with Gasteiger partial charge in [0.1, 0.15) is 18.7 Å². The van der Waals surface area contributed by atoms with Crippen molar-refractivity contribution in [3.8, 4) is 16.9 Å². The van der Waals surface area contributed by atoms with Gasteiger partial charge >= 0.3 is 0 Å². The molecule has 0 saturated heterocycles. The third-order valence-electron chi connectivity index (χ3n) is 5.10. The first kappa shape index (κ1) is 16.0. The molecule has 0 bridgehead atoms. The van der Waals surface area contributed by atoms with Crippen LogP contribution in [0, 0.1) is 0 Å². The molecule has 1 fully saturated rings. The van der Waals surface area contributed by atoms with Gasteiger partial charge in [-0.25, -0.2) is 9.97 Å². The van der Waals surface area contributed by atoms with E-state index in [4.69, 9.17) is 4.74 Å². The van der Waals surface area contributed by atoms with Crippen molar-refractivity contribution in [1.82, 2.24) is 9.97 Å². The van der Waals surface area contributed by atoms with Crippen LogP contribution >= 0.6 is 0 Å². The van der Waals surface area contributed by atoms with Gasteiger partial charge in [0.15, 0.2) is 0 Å². The Labute approximate surface area is 158 Å². The molecule has 0 aliphatic heterocycles. The Hall–Kier alpha value is -3.20. The summed E-state index contributed by atoms with van der Waals surface area (Å²) in [5.41, 5.74) is 5.70. The van der Waals surface area contributed by atoms with Crippen molar-refractivity contribution in [3.05, 3.63) is 90.4 Å². The minimum atomic E-state index is 0.534. The van der Waals surface area contributed by atoms with Crippen LogP contribution in [0.15, 0.2) is 79.3 Å². The van der Waals surface area contributed by atoms with Crippen LogP contribution in [0.25, 0.3) is 22.0 Å². The summed E-state index contributed by atoms with van der Waals surface area (Å²) in [5, 5.41) is 1.02.